The van der Waals surface area contributed by atoms with Gasteiger partial charge >= 0.3 is 5.97 Å². The highest BCUT2D eigenvalue weighted by molar-refractivity contribution is 7.13. The van der Waals surface area contributed by atoms with E-state index < -0.39 is 0 Å². The van der Waals surface area contributed by atoms with E-state index in [0.29, 0.717) is 18.1 Å². The van der Waals surface area contributed by atoms with Crippen molar-refractivity contribution in [2.75, 3.05) is 0 Å². The second-order valence-electron chi connectivity index (χ2n) is 5.14. The fourth-order valence-corrected chi connectivity index (χ4v) is 2.64. The van der Waals surface area contributed by atoms with Crippen LogP contribution >= 0.6 is 11.3 Å². The molecule has 0 aliphatic carbocycles. The van der Waals surface area contributed by atoms with Gasteiger partial charge < -0.3 is 9.26 Å². The van der Waals surface area contributed by atoms with E-state index in [2.05, 4.69) is 10.1 Å². The molecule has 0 saturated heterocycles. The molecule has 0 unspecified atom stereocenters. The number of nitrogens with zero attached hydrogens (tertiary/aromatic N) is 2. The Balaban J connectivity index is 1.46. The average Bonchev–Trinajstić information content (AvgIpc) is 3.23. The molecule has 5 nitrogen and oxygen atoms in total. The van der Waals surface area contributed by atoms with E-state index in [0.717, 1.165) is 10.4 Å². The van der Waals surface area contributed by atoms with Crippen LogP contribution in [0.2, 0.25) is 0 Å². The van der Waals surface area contributed by atoms with Gasteiger partial charge in [0.2, 0.25) is 11.7 Å². The summed E-state index contributed by atoms with van der Waals surface area (Å²) in [7, 11) is 0. The molecule has 0 bridgehead atoms. The Morgan fingerprint density at radius 3 is 2.83 bits per heavy atom. The monoisotopic (exact) mass is 328 g/mol. The largest absolute Gasteiger partial charge is 0.461 e. The number of benzene rings is 1. The smallest absolute Gasteiger partial charge is 0.306 e. The lowest BCUT2D eigenvalue weighted by molar-refractivity contribution is -0.145. The Kier molecular flexibility index (Phi) is 4.83. The zero-order chi connectivity index (χ0) is 16.1. The molecule has 0 atom stereocenters. The molecular weight excluding hydrogens is 312 g/mol. The number of carbonyl (C=O) groups is 1. The van der Waals surface area contributed by atoms with Gasteiger partial charge in [0.15, 0.2) is 0 Å². The van der Waals surface area contributed by atoms with Crippen molar-refractivity contribution >= 4 is 17.3 Å². The average molecular weight is 328 g/mol. The zero-order valence-corrected chi connectivity index (χ0v) is 13.5. The number of thiophene rings is 1. The molecule has 0 saturated carbocycles. The van der Waals surface area contributed by atoms with E-state index in [1.54, 1.807) is 11.3 Å². The Bertz CT molecular complexity index is 764. The first kappa shape index (κ1) is 15.4. The number of hydrogen-bond acceptors (Lipinski definition) is 6. The van der Waals surface area contributed by atoms with Crippen LogP contribution in [0, 0.1) is 6.92 Å². The van der Waals surface area contributed by atoms with Gasteiger partial charge in [0.25, 0.3) is 0 Å². The maximum absolute atomic E-state index is 11.8. The lowest BCUT2D eigenvalue weighted by Gasteiger charge is -2.04. The Hall–Kier alpha value is -2.47. The van der Waals surface area contributed by atoms with Crippen LogP contribution in [0.4, 0.5) is 0 Å². The first-order chi connectivity index (χ1) is 11.2. The lowest BCUT2D eigenvalue weighted by Crippen LogP contribution is -2.06. The summed E-state index contributed by atoms with van der Waals surface area (Å²) in [6.45, 7) is 2.30. The van der Waals surface area contributed by atoms with Gasteiger partial charge in [-0.05, 0) is 23.9 Å². The summed E-state index contributed by atoms with van der Waals surface area (Å²) in [5.41, 5.74) is 2.15. The number of carbonyl (C=O) groups excluding carboxylic acids is 1. The minimum Gasteiger partial charge on any atom is -0.461 e. The van der Waals surface area contributed by atoms with Crippen LogP contribution in [-0.2, 0) is 22.6 Å². The SMILES string of the molecule is Cc1ccc(COC(=O)CCc2nc(-c3cccs3)no2)cc1. The molecule has 0 aliphatic rings. The summed E-state index contributed by atoms with van der Waals surface area (Å²) in [4.78, 5) is 17.0. The van der Waals surface area contributed by atoms with Gasteiger partial charge in [-0.2, -0.15) is 4.98 Å². The van der Waals surface area contributed by atoms with Crippen LogP contribution in [0.15, 0.2) is 46.3 Å². The van der Waals surface area contributed by atoms with Crippen molar-refractivity contribution in [3.8, 4) is 10.7 Å². The number of ether oxygens (including phenoxy) is 1. The number of rotatable bonds is 6. The normalized spacial score (nSPS) is 10.7. The fraction of sp³-hybridized carbons (Fsp3) is 0.235. The highest BCUT2D eigenvalue weighted by Crippen LogP contribution is 2.21. The molecule has 118 valence electrons. The predicted molar refractivity (Wildman–Crippen MR) is 86.9 cm³/mol. The van der Waals surface area contributed by atoms with Crippen LogP contribution < -0.4 is 0 Å². The number of hydrogen-bond donors (Lipinski definition) is 0. The van der Waals surface area contributed by atoms with Gasteiger partial charge in [0.05, 0.1) is 11.3 Å². The van der Waals surface area contributed by atoms with E-state index in [1.807, 2.05) is 48.7 Å². The fourth-order valence-electron chi connectivity index (χ4n) is 1.99. The van der Waals surface area contributed by atoms with E-state index in [9.17, 15) is 4.79 Å². The highest BCUT2D eigenvalue weighted by atomic mass is 32.1. The molecule has 0 aliphatic heterocycles. The van der Waals surface area contributed by atoms with Crippen LogP contribution in [0.25, 0.3) is 10.7 Å². The van der Waals surface area contributed by atoms with Crippen molar-refractivity contribution in [2.45, 2.75) is 26.4 Å². The van der Waals surface area contributed by atoms with Crippen molar-refractivity contribution in [1.29, 1.82) is 0 Å². The third-order valence-electron chi connectivity index (χ3n) is 3.27. The minimum absolute atomic E-state index is 0.220. The number of aryl methyl sites for hydroxylation is 2. The minimum atomic E-state index is -0.276. The number of esters is 1. The topological polar surface area (TPSA) is 65.2 Å². The molecule has 1 aromatic carbocycles. The highest BCUT2D eigenvalue weighted by Gasteiger charge is 2.12. The molecule has 0 radical (unpaired) electrons. The summed E-state index contributed by atoms with van der Waals surface area (Å²) >= 11 is 1.54. The maximum atomic E-state index is 11.8. The van der Waals surface area contributed by atoms with Gasteiger partial charge in [-0.3, -0.25) is 4.79 Å². The van der Waals surface area contributed by atoms with Crippen molar-refractivity contribution in [2.24, 2.45) is 0 Å². The van der Waals surface area contributed by atoms with Gasteiger partial charge in [-0.1, -0.05) is 41.1 Å². The summed E-state index contributed by atoms with van der Waals surface area (Å²) < 4.78 is 10.4. The second-order valence-corrected chi connectivity index (χ2v) is 6.08. The van der Waals surface area contributed by atoms with Crippen molar-refractivity contribution < 1.29 is 14.1 Å². The predicted octanol–water partition coefficient (Wildman–Crippen LogP) is 3.78. The third kappa shape index (κ3) is 4.26. The molecule has 3 rings (SSSR count). The molecule has 2 heterocycles. The Labute approximate surface area is 137 Å². The van der Waals surface area contributed by atoms with Crippen molar-refractivity contribution in [3.05, 3.63) is 58.8 Å². The molecule has 0 N–H and O–H groups in total. The molecule has 0 spiro atoms. The van der Waals surface area contributed by atoms with Crippen LogP contribution in [-0.4, -0.2) is 16.1 Å². The van der Waals surface area contributed by atoms with Gasteiger partial charge in [-0.25, -0.2) is 0 Å². The molecule has 6 heteroatoms. The first-order valence-corrected chi connectivity index (χ1v) is 8.16. The molecular formula is C17H16N2O3S. The second kappa shape index (κ2) is 7.19. The quantitative estimate of drug-likeness (QED) is 0.644. The lowest BCUT2D eigenvalue weighted by atomic mass is 10.2. The Morgan fingerprint density at radius 2 is 2.09 bits per heavy atom. The summed E-state index contributed by atoms with van der Waals surface area (Å²) in [6, 6.07) is 11.7. The molecule has 0 amide bonds. The van der Waals surface area contributed by atoms with Crippen molar-refractivity contribution in [1.82, 2.24) is 10.1 Å². The van der Waals surface area contributed by atoms with E-state index in [-0.39, 0.29) is 19.0 Å². The van der Waals surface area contributed by atoms with Crippen LogP contribution in [0.1, 0.15) is 23.4 Å². The van der Waals surface area contributed by atoms with Gasteiger partial charge in [0.1, 0.15) is 6.61 Å². The van der Waals surface area contributed by atoms with E-state index in [1.165, 1.54) is 5.56 Å². The number of aromatic nitrogens is 2. The van der Waals surface area contributed by atoms with Crippen molar-refractivity contribution in [3.63, 3.8) is 0 Å². The summed E-state index contributed by atoms with van der Waals surface area (Å²) in [5, 5.41) is 5.86. The molecule has 3 aromatic rings. The molecule has 2 aromatic heterocycles. The van der Waals surface area contributed by atoms with Crippen LogP contribution in [0.5, 0.6) is 0 Å². The molecule has 23 heavy (non-hydrogen) atoms. The standard InChI is InChI=1S/C17H16N2O3S/c1-12-4-6-13(7-5-12)11-21-16(20)9-8-15-18-17(19-22-15)14-3-2-10-23-14/h2-7,10H,8-9,11H2,1H3. The van der Waals surface area contributed by atoms with E-state index in [4.69, 9.17) is 9.26 Å². The first-order valence-electron chi connectivity index (χ1n) is 7.28. The maximum Gasteiger partial charge on any atom is 0.306 e. The molecule has 0 fully saturated rings. The summed E-state index contributed by atoms with van der Waals surface area (Å²) in [6.07, 6.45) is 0.600. The zero-order valence-electron chi connectivity index (χ0n) is 12.7. The van der Waals surface area contributed by atoms with Gasteiger partial charge in [0, 0.05) is 6.42 Å². The summed E-state index contributed by atoms with van der Waals surface area (Å²) in [5.74, 6) is 0.727. The Morgan fingerprint density at radius 1 is 1.26 bits per heavy atom. The van der Waals surface area contributed by atoms with Crippen LogP contribution in [0.3, 0.4) is 0 Å². The van der Waals surface area contributed by atoms with E-state index >= 15 is 0 Å². The third-order valence-corrected chi connectivity index (χ3v) is 4.14. The van der Waals surface area contributed by atoms with Gasteiger partial charge in [-0.15, -0.1) is 11.3 Å².